The minimum atomic E-state index is -0.455. The molecule has 0 amide bonds. The normalized spacial score (nSPS) is 12.5. The van der Waals surface area contributed by atoms with Crippen molar-refractivity contribution in [2.45, 2.75) is 40.2 Å². The van der Waals surface area contributed by atoms with Crippen LogP contribution in [0.15, 0.2) is 34.8 Å². The number of aliphatic hydroxyl groups is 1. The quantitative estimate of drug-likeness (QED) is 0.842. The second-order valence-electron chi connectivity index (χ2n) is 5.60. The maximum atomic E-state index is 10.5. The first-order chi connectivity index (χ1) is 9.38. The van der Waals surface area contributed by atoms with E-state index in [0.717, 1.165) is 15.6 Å². The predicted octanol–water partition coefficient (Wildman–Crippen LogP) is 4.96. The van der Waals surface area contributed by atoms with E-state index in [0.29, 0.717) is 6.42 Å². The van der Waals surface area contributed by atoms with E-state index in [-0.39, 0.29) is 0 Å². The molecule has 0 saturated heterocycles. The van der Waals surface area contributed by atoms with Gasteiger partial charge in [0.25, 0.3) is 0 Å². The summed E-state index contributed by atoms with van der Waals surface area (Å²) in [7, 11) is 0. The molecule has 2 rings (SSSR count). The molecule has 1 N–H and O–H groups in total. The first-order valence-electron chi connectivity index (χ1n) is 6.89. The van der Waals surface area contributed by atoms with Gasteiger partial charge in [0.1, 0.15) is 0 Å². The molecule has 0 aliphatic rings. The van der Waals surface area contributed by atoms with Gasteiger partial charge in [0.15, 0.2) is 0 Å². The highest BCUT2D eigenvalue weighted by atomic mass is 79.9. The lowest BCUT2D eigenvalue weighted by Crippen LogP contribution is -2.07. The van der Waals surface area contributed by atoms with Crippen LogP contribution in [-0.4, -0.2) is 5.11 Å². The van der Waals surface area contributed by atoms with Crippen molar-refractivity contribution >= 4 is 15.9 Å². The van der Waals surface area contributed by atoms with Crippen molar-refractivity contribution in [3.8, 4) is 0 Å². The number of halogens is 1. The van der Waals surface area contributed by atoms with Gasteiger partial charge >= 0.3 is 0 Å². The van der Waals surface area contributed by atoms with Crippen molar-refractivity contribution in [2.24, 2.45) is 0 Å². The van der Waals surface area contributed by atoms with Gasteiger partial charge < -0.3 is 5.11 Å². The van der Waals surface area contributed by atoms with E-state index in [2.05, 4.69) is 48.8 Å². The number of aryl methyl sites for hydroxylation is 4. The van der Waals surface area contributed by atoms with Gasteiger partial charge in [0.05, 0.1) is 6.10 Å². The summed E-state index contributed by atoms with van der Waals surface area (Å²) in [6, 6.07) is 10.4. The Balaban J connectivity index is 2.30. The zero-order valence-electron chi connectivity index (χ0n) is 12.5. The highest BCUT2D eigenvalue weighted by Crippen LogP contribution is 2.27. The zero-order chi connectivity index (χ0) is 14.9. The van der Waals surface area contributed by atoms with Crippen molar-refractivity contribution in [1.29, 1.82) is 0 Å². The maximum absolute atomic E-state index is 10.5. The molecule has 0 fully saturated rings. The minimum Gasteiger partial charge on any atom is -0.388 e. The van der Waals surface area contributed by atoms with Crippen LogP contribution in [0.5, 0.6) is 0 Å². The molecule has 1 atom stereocenters. The van der Waals surface area contributed by atoms with E-state index in [4.69, 9.17) is 0 Å². The highest BCUT2D eigenvalue weighted by molar-refractivity contribution is 9.10. The van der Waals surface area contributed by atoms with Crippen molar-refractivity contribution in [3.63, 3.8) is 0 Å². The number of hydrogen-bond acceptors (Lipinski definition) is 1. The van der Waals surface area contributed by atoms with Gasteiger partial charge in [0.2, 0.25) is 0 Å². The lowest BCUT2D eigenvalue weighted by Gasteiger charge is -2.18. The molecule has 0 heterocycles. The Morgan fingerprint density at radius 2 is 1.55 bits per heavy atom. The van der Waals surface area contributed by atoms with Gasteiger partial charge in [-0.25, -0.2) is 0 Å². The van der Waals surface area contributed by atoms with E-state index >= 15 is 0 Å². The fourth-order valence-electron chi connectivity index (χ4n) is 2.85. The molecule has 0 bridgehead atoms. The lowest BCUT2D eigenvalue weighted by molar-refractivity contribution is 0.177. The van der Waals surface area contributed by atoms with E-state index < -0.39 is 6.10 Å². The number of aliphatic hydroxyl groups excluding tert-OH is 1. The van der Waals surface area contributed by atoms with Gasteiger partial charge in [-0.1, -0.05) is 39.7 Å². The first kappa shape index (κ1) is 15.3. The summed E-state index contributed by atoms with van der Waals surface area (Å²) in [5.74, 6) is 0. The molecule has 0 aliphatic heterocycles. The Bertz CT molecular complexity index is 608. The third-order valence-electron chi connectivity index (χ3n) is 3.83. The summed E-state index contributed by atoms with van der Waals surface area (Å²) in [5.41, 5.74) is 7.18. The van der Waals surface area contributed by atoms with Crippen LogP contribution in [-0.2, 0) is 6.42 Å². The Morgan fingerprint density at radius 3 is 2.10 bits per heavy atom. The molecule has 0 radical (unpaired) electrons. The summed E-state index contributed by atoms with van der Waals surface area (Å²) in [6.07, 6.45) is 0.212. The molecule has 0 spiro atoms. The molecule has 0 aromatic heterocycles. The van der Waals surface area contributed by atoms with E-state index in [9.17, 15) is 5.11 Å². The van der Waals surface area contributed by atoms with Crippen LogP contribution in [0.2, 0.25) is 0 Å². The summed E-state index contributed by atoms with van der Waals surface area (Å²) in [4.78, 5) is 0. The van der Waals surface area contributed by atoms with Crippen LogP contribution >= 0.6 is 15.9 Å². The molecule has 0 saturated carbocycles. The molecule has 20 heavy (non-hydrogen) atoms. The number of benzene rings is 2. The largest absolute Gasteiger partial charge is 0.388 e. The predicted molar refractivity (Wildman–Crippen MR) is 88.2 cm³/mol. The Hall–Kier alpha value is -1.12. The third-order valence-corrected chi connectivity index (χ3v) is 4.32. The maximum Gasteiger partial charge on any atom is 0.0833 e. The minimum absolute atomic E-state index is 0.455. The molecular weight excluding hydrogens is 312 g/mol. The van der Waals surface area contributed by atoms with Gasteiger partial charge in [0, 0.05) is 10.9 Å². The van der Waals surface area contributed by atoms with Crippen LogP contribution in [0.25, 0.3) is 0 Å². The van der Waals surface area contributed by atoms with Gasteiger partial charge in [-0.15, -0.1) is 0 Å². The molecule has 106 valence electrons. The van der Waals surface area contributed by atoms with Crippen LogP contribution in [0.4, 0.5) is 0 Å². The van der Waals surface area contributed by atoms with Crippen LogP contribution in [0.1, 0.15) is 39.5 Å². The fourth-order valence-corrected chi connectivity index (χ4v) is 3.32. The topological polar surface area (TPSA) is 20.2 Å². The second kappa shape index (κ2) is 6.11. The standard InChI is InChI=1S/C18H21BrO/c1-11-7-12(2)17(13(3)8-11)10-18(20)16-6-5-15(19)9-14(16)4/h5-9,18,20H,10H2,1-4H3. The summed E-state index contributed by atoms with van der Waals surface area (Å²) in [5, 5.41) is 10.5. The lowest BCUT2D eigenvalue weighted by atomic mass is 9.92. The molecule has 0 aliphatic carbocycles. The van der Waals surface area contributed by atoms with Crippen molar-refractivity contribution < 1.29 is 5.11 Å². The van der Waals surface area contributed by atoms with Gasteiger partial charge in [-0.2, -0.15) is 0 Å². The molecule has 2 aromatic carbocycles. The van der Waals surface area contributed by atoms with Crippen molar-refractivity contribution in [3.05, 3.63) is 68.2 Å². The third kappa shape index (κ3) is 3.31. The fraction of sp³-hybridized carbons (Fsp3) is 0.333. The first-order valence-corrected chi connectivity index (χ1v) is 7.68. The average molecular weight is 333 g/mol. The van der Waals surface area contributed by atoms with Crippen LogP contribution < -0.4 is 0 Å². The summed E-state index contributed by atoms with van der Waals surface area (Å²) < 4.78 is 1.05. The van der Waals surface area contributed by atoms with Gasteiger partial charge in [-0.3, -0.25) is 0 Å². The van der Waals surface area contributed by atoms with Crippen LogP contribution in [0.3, 0.4) is 0 Å². The number of rotatable bonds is 3. The van der Waals surface area contributed by atoms with Gasteiger partial charge in [-0.05, 0) is 67.6 Å². The second-order valence-corrected chi connectivity index (χ2v) is 6.51. The zero-order valence-corrected chi connectivity index (χ0v) is 14.1. The van der Waals surface area contributed by atoms with E-state index in [1.807, 2.05) is 25.1 Å². The smallest absolute Gasteiger partial charge is 0.0833 e. The molecule has 2 aromatic rings. The van der Waals surface area contributed by atoms with Crippen LogP contribution in [0, 0.1) is 27.7 Å². The SMILES string of the molecule is Cc1cc(C)c(CC(O)c2ccc(Br)cc2C)c(C)c1. The Labute approximate surface area is 129 Å². The highest BCUT2D eigenvalue weighted by Gasteiger charge is 2.14. The summed E-state index contributed by atoms with van der Waals surface area (Å²) in [6.45, 7) is 8.39. The summed E-state index contributed by atoms with van der Waals surface area (Å²) >= 11 is 3.46. The molecule has 1 unspecified atom stereocenters. The molecular formula is C18H21BrO. The number of hydrogen-bond donors (Lipinski definition) is 1. The monoisotopic (exact) mass is 332 g/mol. The Morgan fingerprint density at radius 1 is 0.950 bits per heavy atom. The van der Waals surface area contributed by atoms with E-state index in [1.54, 1.807) is 0 Å². The average Bonchev–Trinajstić information content (AvgIpc) is 2.33. The Kier molecular flexibility index (Phi) is 4.66. The van der Waals surface area contributed by atoms with E-state index in [1.165, 1.54) is 22.3 Å². The van der Waals surface area contributed by atoms with Crippen molar-refractivity contribution in [2.75, 3.05) is 0 Å². The molecule has 2 heteroatoms. The van der Waals surface area contributed by atoms with Crippen molar-refractivity contribution in [1.82, 2.24) is 0 Å². The molecule has 1 nitrogen and oxygen atoms in total.